The standard InChI is InChI=1S/C24H25N5O5S/c1-17(20-7-4-5-12-25-20)27-21-10-9-19(16-23(21)29(31)32)24(30)26-13-15-35(33,34)28-14-11-18-6-2-3-8-22(18)28/h2-10,12,16-17,27H,11,13-15H2,1H3,(H,26,30). The number of nitrogens with zero attached hydrogens (tertiary/aromatic N) is 3. The number of benzene rings is 2. The molecule has 10 nitrogen and oxygen atoms in total. The number of nitro groups is 1. The zero-order valence-electron chi connectivity index (χ0n) is 19.0. The van der Waals surface area contributed by atoms with Gasteiger partial charge in [-0.1, -0.05) is 24.3 Å². The molecular weight excluding hydrogens is 470 g/mol. The van der Waals surface area contributed by atoms with Gasteiger partial charge in [0.2, 0.25) is 10.0 Å². The van der Waals surface area contributed by atoms with Crippen molar-refractivity contribution in [2.75, 3.05) is 28.5 Å². The van der Waals surface area contributed by atoms with Crippen LogP contribution in [0.3, 0.4) is 0 Å². The van der Waals surface area contributed by atoms with Gasteiger partial charge in [0.15, 0.2) is 0 Å². The summed E-state index contributed by atoms with van der Waals surface area (Å²) in [6.07, 6.45) is 2.28. The Balaban J connectivity index is 1.40. The first-order valence-electron chi connectivity index (χ1n) is 11.1. The molecule has 4 rings (SSSR count). The van der Waals surface area contributed by atoms with E-state index in [4.69, 9.17) is 0 Å². The Morgan fingerprint density at radius 1 is 1.17 bits per heavy atom. The normalized spacial score (nSPS) is 13.7. The van der Waals surface area contributed by atoms with Crippen molar-refractivity contribution in [3.8, 4) is 0 Å². The molecule has 182 valence electrons. The summed E-state index contributed by atoms with van der Waals surface area (Å²) >= 11 is 0. The van der Waals surface area contributed by atoms with E-state index >= 15 is 0 Å². The van der Waals surface area contributed by atoms with Crippen molar-refractivity contribution in [2.24, 2.45) is 0 Å². The van der Waals surface area contributed by atoms with E-state index in [1.165, 1.54) is 22.5 Å². The van der Waals surface area contributed by atoms with E-state index in [0.717, 1.165) is 5.56 Å². The van der Waals surface area contributed by atoms with Crippen molar-refractivity contribution in [1.29, 1.82) is 0 Å². The Hall–Kier alpha value is -3.99. The van der Waals surface area contributed by atoms with Gasteiger partial charge in [0, 0.05) is 30.9 Å². The van der Waals surface area contributed by atoms with Crippen LogP contribution in [0.25, 0.3) is 0 Å². The van der Waals surface area contributed by atoms with Crippen LogP contribution in [-0.4, -0.2) is 43.1 Å². The number of anilines is 2. The average molecular weight is 496 g/mol. The fraction of sp³-hybridized carbons (Fsp3) is 0.250. The first-order valence-corrected chi connectivity index (χ1v) is 12.7. The highest BCUT2D eigenvalue weighted by molar-refractivity contribution is 7.92. The van der Waals surface area contributed by atoms with Crippen molar-refractivity contribution in [2.45, 2.75) is 19.4 Å². The van der Waals surface area contributed by atoms with Crippen LogP contribution in [0.4, 0.5) is 17.1 Å². The number of fused-ring (bicyclic) bond motifs is 1. The average Bonchev–Trinajstić information content (AvgIpc) is 3.30. The molecule has 1 atom stereocenters. The minimum atomic E-state index is -3.62. The molecule has 0 saturated carbocycles. The molecule has 1 amide bonds. The molecule has 35 heavy (non-hydrogen) atoms. The molecule has 0 radical (unpaired) electrons. The lowest BCUT2D eigenvalue weighted by Gasteiger charge is -2.19. The maximum absolute atomic E-state index is 12.8. The number of nitrogens with one attached hydrogen (secondary N) is 2. The maximum Gasteiger partial charge on any atom is 0.293 e. The Bertz CT molecular complexity index is 1350. The maximum atomic E-state index is 12.8. The second-order valence-electron chi connectivity index (χ2n) is 8.13. The van der Waals surface area contributed by atoms with Gasteiger partial charge in [-0.2, -0.15) is 0 Å². The van der Waals surface area contributed by atoms with Gasteiger partial charge in [-0.25, -0.2) is 8.42 Å². The number of nitro benzene ring substituents is 1. The fourth-order valence-electron chi connectivity index (χ4n) is 3.99. The molecule has 0 fully saturated rings. The lowest BCUT2D eigenvalue weighted by Crippen LogP contribution is -2.37. The van der Waals surface area contributed by atoms with Gasteiger partial charge < -0.3 is 10.6 Å². The van der Waals surface area contributed by atoms with E-state index in [1.807, 2.05) is 25.1 Å². The third-order valence-corrected chi connectivity index (χ3v) is 7.56. The second kappa shape index (κ2) is 10.1. The lowest BCUT2D eigenvalue weighted by atomic mass is 10.1. The van der Waals surface area contributed by atoms with Crippen LogP contribution >= 0.6 is 0 Å². The van der Waals surface area contributed by atoms with E-state index in [-0.39, 0.29) is 35.3 Å². The summed E-state index contributed by atoms with van der Waals surface area (Å²) in [4.78, 5) is 27.9. The van der Waals surface area contributed by atoms with E-state index in [1.54, 1.807) is 30.5 Å². The number of pyridine rings is 1. The van der Waals surface area contributed by atoms with Crippen molar-refractivity contribution in [3.63, 3.8) is 0 Å². The predicted octanol–water partition coefficient (Wildman–Crippen LogP) is 3.29. The van der Waals surface area contributed by atoms with Crippen molar-refractivity contribution < 1.29 is 18.1 Å². The first-order chi connectivity index (χ1) is 16.8. The lowest BCUT2D eigenvalue weighted by molar-refractivity contribution is -0.384. The zero-order chi connectivity index (χ0) is 25.0. The molecule has 0 aliphatic carbocycles. The fourth-order valence-corrected chi connectivity index (χ4v) is 5.42. The first kappa shape index (κ1) is 24.1. The molecule has 3 aromatic rings. The molecule has 0 bridgehead atoms. The quantitative estimate of drug-likeness (QED) is 0.344. The minimum absolute atomic E-state index is 0.0663. The van der Waals surface area contributed by atoms with Crippen molar-refractivity contribution in [3.05, 3.63) is 93.8 Å². The Morgan fingerprint density at radius 2 is 1.94 bits per heavy atom. The van der Waals surface area contributed by atoms with Crippen molar-refractivity contribution in [1.82, 2.24) is 10.3 Å². The van der Waals surface area contributed by atoms with Gasteiger partial charge >= 0.3 is 0 Å². The third kappa shape index (κ3) is 5.40. The van der Waals surface area contributed by atoms with Gasteiger partial charge in [0.25, 0.3) is 11.6 Å². The van der Waals surface area contributed by atoms with E-state index in [2.05, 4.69) is 15.6 Å². The largest absolute Gasteiger partial charge is 0.371 e. The number of rotatable bonds is 9. The van der Waals surface area contributed by atoms with Gasteiger partial charge in [-0.15, -0.1) is 0 Å². The number of hydrogen-bond acceptors (Lipinski definition) is 7. The molecule has 1 aliphatic heterocycles. The molecule has 2 heterocycles. The number of carbonyl (C=O) groups excluding carboxylic acids is 1. The number of aromatic nitrogens is 1. The SMILES string of the molecule is CC(Nc1ccc(C(=O)NCCS(=O)(=O)N2CCc3ccccc32)cc1[N+](=O)[O-])c1ccccn1. The predicted molar refractivity (Wildman–Crippen MR) is 133 cm³/mol. The topological polar surface area (TPSA) is 135 Å². The van der Waals surface area contributed by atoms with E-state index < -0.39 is 20.9 Å². The molecular formula is C24H25N5O5S. The van der Waals surface area contributed by atoms with Crippen LogP contribution in [0.15, 0.2) is 66.9 Å². The molecule has 1 aliphatic rings. The van der Waals surface area contributed by atoms with Crippen LogP contribution in [0.1, 0.15) is 34.6 Å². The summed E-state index contributed by atoms with van der Waals surface area (Å²) in [7, 11) is -3.62. The Labute approximate surface area is 203 Å². The summed E-state index contributed by atoms with van der Waals surface area (Å²) in [5.74, 6) is -0.870. The molecule has 0 saturated heterocycles. The zero-order valence-corrected chi connectivity index (χ0v) is 19.9. The summed E-state index contributed by atoms with van der Waals surface area (Å²) in [5.41, 5.74) is 2.40. The molecule has 1 unspecified atom stereocenters. The summed E-state index contributed by atoms with van der Waals surface area (Å²) < 4.78 is 27.0. The van der Waals surface area contributed by atoms with Gasteiger partial charge in [-0.05, 0) is 49.2 Å². The molecule has 2 N–H and O–H groups in total. The van der Waals surface area contributed by atoms with E-state index in [9.17, 15) is 23.3 Å². The van der Waals surface area contributed by atoms with Gasteiger partial charge in [0.05, 0.1) is 28.1 Å². The highest BCUT2D eigenvalue weighted by Crippen LogP contribution is 2.30. The second-order valence-corrected chi connectivity index (χ2v) is 10.1. The summed E-state index contributed by atoms with van der Waals surface area (Å²) in [6, 6.07) is 16.5. The van der Waals surface area contributed by atoms with Crippen LogP contribution in [0, 0.1) is 10.1 Å². The molecule has 2 aromatic carbocycles. The van der Waals surface area contributed by atoms with Gasteiger partial charge in [0.1, 0.15) is 5.69 Å². The van der Waals surface area contributed by atoms with Gasteiger partial charge in [-0.3, -0.25) is 24.2 Å². The van der Waals surface area contributed by atoms with Crippen LogP contribution in [-0.2, 0) is 16.4 Å². The monoisotopic (exact) mass is 495 g/mol. The summed E-state index contributed by atoms with van der Waals surface area (Å²) in [6.45, 7) is 2.07. The minimum Gasteiger partial charge on any atom is -0.371 e. The third-order valence-electron chi connectivity index (χ3n) is 5.79. The molecule has 11 heteroatoms. The number of amides is 1. The smallest absolute Gasteiger partial charge is 0.293 e. The van der Waals surface area contributed by atoms with Crippen LogP contribution in [0.2, 0.25) is 0 Å². The molecule has 1 aromatic heterocycles. The Kier molecular flexibility index (Phi) is 6.97. The number of hydrogen-bond donors (Lipinski definition) is 2. The Morgan fingerprint density at radius 3 is 2.69 bits per heavy atom. The van der Waals surface area contributed by atoms with Crippen molar-refractivity contribution >= 4 is 33.0 Å². The number of sulfonamides is 1. The highest BCUT2D eigenvalue weighted by Gasteiger charge is 2.29. The van der Waals surface area contributed by atoms with Crippen LogP contribution in [0.5, 0.6) is 0 Å². The number of para-hydroxylation sites is 1. The van der Waals surface area contributed by atoms with Crippen LogP contribution < -0.4 is 14.9 Å². The number of carbonyl (C=O) groups is 1. The highest BCUT2D eigenvalue weighted by atomic mass is 32.2. The van der Waals surface area contributed by atoms with E-state index in [0.29, 0.717) is 24.3 Å². The summed E-state index contributed by atoms with van der Waals surface area (Å²) in [5, 5.41) is 17.3. The molecule has 0 spiro atoms.